The van der Waals surface area contributed by atoms with E-state index in [1.165, 1.54) is 10.8 Å². The van der Waals surface area contributed by atoms with Gasteiger partial charge in [0.05, 0.1) is 16.5 Å². The standard InChI is InChI=1S/C19H17N7O2/c1-2-25-18(28)14-6-3-4-7-15(14)22-19(25)24-23-17(27)13-8-9-16(20-12-13)26-11-5-10-21-26/h3-12H,2H2,1H3,(H,22,24)(H,23,27). The first-order valence-electron chi connectivity index (χ1n) is 8.69. The predicted octanol–water partition coefficient (Wildman–Crippen LogP) is 1.75. The Balaban J connectivity index is 1.54. The van der Waals surface area contributed by atoms with Gasteiger partial charge in [-0.25, -0.2) is 14.6 Å². The van der Waals surface area contributed by atoms with Gasteiger partial charge in [0, 0.05) is 25.1 Å². The zero-order valence-electron chi connectivity index (χ0n) is 15.0. The largest absolute Gasteiger partial charge is 0.277 e. The van der Waals surface area contributed by atoms with Crippen LogP contribution in [0.1, 0.15) is 17.3 Å². The molecular weight excluding hydrogens is 358 g/mol. The van der Waals surface area contributed by atoms with E-state index in [9.17, 15) is 9.59 Å². The van der Waals surface area contributed by atoms with Crippen LogP contribution < -0.4 is 16.4 Å². The zero-order chi connectivity index (χ0) is 19.5. The second kappa shape index (κ2) is 7.31. The highest BCUT2D eigenvalue weighted by Gasteiger charge is 2.12. The van der Waals surface area contributed by atoms with Crippen molar-refractivity contribution in [2.24, 2.45) is 0 Å². The fourth-order valence-corrected chi connectivity index (χ4v) is 2.80. The normalized spacial score (nSPS) is 10.8. The highest BCUT2D eigenvalue weighted by atomic mass is 16.2. The average Bonchev–Trinajstić information content (AvgIpc) is 3.27. The van der Waals surface area contributed by atoms with Crippen molar-refractivity contribution in [2.75, 3.05) is 5.43 Å². The molecule has 9 heteroatoms. The number of nitrogens with one attached hydrogen (secondary N) is 2. The van der Waals surface area contributed by atoms with Crippen molar-refractivity contribution in [2.45, 2.75) is 13.5 Å². The first-order chi connectivity index (χ1) is 13.7. The molecule has 1 amide bonds. The van der Waals surface area contributed by atoms with Gasteiger partial charge in [0.15, 0.2) is 5.82 Å². The molecule has 0 bridgehead atoms. The van der Waals surface area contributed by atoms with E-state index in [2.05, 4.69) is 25.9 Å². The van der Waals surface area contributed by atoms with E-state index in [1.807, 2.05) is 6.92 Å². The molecule has 3 heterocycles. The van der Waals surface area contributed by atoms with Crippen molar-refractivity contribution in [3.63, 3.8) is 0 Å². The predicted molar refractivity (Wildman–Crippen MR) is 104 cm³/mol. The number of anilines is 1. The first kappa shape index (κ1) is 17.4. The topological polar surface area (TPSA) is 107 Å². The molecule has 0 saturated heterocycles. The molecule has 0 saturated carbocycles. The number of aromatic nitrogens is 5. The summed E-state index contributed by atoms with van der Waals surface area (Å²) in [6.07, 6.45) is 4.86. The Morgan fingerprint density at radius 2 is 2.00 bits per heavy atom. The van der Waals surface area contributed by atoms with Crippen LogP contribution in [0.25, 0.3) is 16.7 Å². The van der Waals surface area contributed by atoms with Crippen molar-refractivity contribution < 1.29 is 4.79 Å². The summed E-state index contributed by atoms with van der Waals surface area (Å²) in [5.41, 5.74) is 6.05. The number of benzene rings is 1. The molecule has 0 unspecified atom stereocenters. The van der Waals surface area contributed by atoms with Crippen molar-refractivity contribution >= 4 is 22.8 Å². The Morgan fingerprint density at radius 1 is 1.14 bits per heavy atom. The molecule has 0 atom stereocenters. The third kappa shape index (κ3) is 3.20. The van der Waals surface area contributed by atoms with E-state index >= 15 is 0 Å². The number of hydrogen-bond donors (Lipinski definition) is 2. The van der Waals surface area contributed by atoms with Gasteiger partial charge in [-0.05, 0) is 37.3 Å². The summed E-state index contributed by atoms with van der Waals surface area (Å²) in [4.78, 5) is 33.7. The molecule has 0 radical (unpaired) electrons. The third-order valence-electron chi connectivity index (χ3n) is 4.21. The zero-order valence-corrected chi connectivity index (χ0v) is 15.0. The SMILES string of the molecule is CCn1c(NNC(=O)c2ccc(-n3cccn3)nc2)nc2ccccc2c1=O. The van der Waals surface area contributed by atoms with Crippen molar-refractivity contribution in [3.8, 4) is 5.82 Å². The second-order valence-electron chi connectivity index (χ2n) is 5.94. The average molecular weight is 375 g/mol. The van der Waals surface area contributed by atoms with Crippen LogP contribution in [0, 0.1) is 0 Å². The Labute approximate surface area is 159 Å². The number of pyridine rings is 1. The molecule has 1 aromatic carbocycles. The molecule has 4 aromatic rings. The molecule has 0 fully saturated rings. The monoisotopic (exact) mass is 375 g/mol. The number of fused-ring (bicyclic) bond motifs is 1. The van der Waals surface area contributed by atoms with Crippen molar-refractivity contribution in [1.29, 1.82) is 0 Å². The second-order valence-corrected chi connectivity index (χ2v) is 5.94. The number of carbonyl (C=O) groups excluding carboxylic acids is 1. The van der Waals surface area contributed by atoms with Crippen LogP contribution >= 0.6 is 0 Å². The molecular formula is C19H17N7O2. The Bertz CT molecular complexity index is 1180. The number of nitrogens with zero attached hydrogens (tertiary/aromatic N) is 5. The summed E-state index contributed by atoms with van der Waals surface area (Å²) in [7, 11) is 0. The lowest BCUT2D eigenvalue weighted by Crippen LogP contribution is -2.34. The van der Waals surface area contributed by atoms with Crippen LogP contribution in [0.15, 0.2) is 65.8 Å². The smallest absolute Gasteiger partial charge is 0.271 e. The molecule has 4 rings (SSSR count). The summed E-state index contributed by atoms with van der Waals surface area (Å²) in [5, 5.41) is 4.62. The van der Waals surface area contributed by atoms with Crippen LogP contribution in [0.2, 0.25) is 0 Å². The molecule has 28 heavy (non-hydrogen) atoms. The number of para-hydroxylation sites is 1. The van der Waals surface area contributed by atoms with E-state index in [0.29, 0.717) is 28.8 Å². The number of hydrazine groups is 1. The van der Waals surface area contributed by atoms with Crippen LogP contribution in [0.4, 0.5) is 5.95 Å². The van der Waals surface area contributed by atoms with Gasteiger partial charge in [-0.3, -0.25) is 25.0 Å². The van der Waals surface area contributed by atoms with Crippen LogP contribution in [-0.4, -0.2) is 30.2 Å². The number of rotatable bonds is 5. The molecule has 3 aromatic heterocycles. The fraction of sp³-hybridized carbons (Fsp3) is 0.105. The van der Waals surface area contributed by atoms with E-state index in [0.717, 1.165) is 0 Å². The van der Waals surface area contributed by atoms with Gasteiger partial charge >= 0.3 is 0 Å². The maximum absolute atomic E-state index is 12.6. The van der Waals surface area contributed by atoms with Gasteiger partial charge in [-0.2, -0.15) is 5.10 Å². The van der Waals surface area contributed by atoms with Crippen LogP contribution in [0.5, 0.6) is 0 Å². The quantitative estimate of drug-likeness (QED) is 0.515. The molecule has 2 N–H and O–H groups in total. The maximum atomic E-state index is 12.6. The Morgan fingerprint density at radius 3 is 2.71 bits per heavy atom. The lowest BCUT2D eigenvalue weighted by Gasteiger charge is -2.14. The number of amides is 1. The van der Waals surface area contributed by atoms with E-state index in [1.54, 1.807) is 59.5 Å². The fourth-order valence-electron chi connectivity index (χ4n) is 2.80. The maximum Gasteiger partial charge on any atom is 0.271 e. The third-order valence-corrected chi connectivity index (χ3v) is 4.21. The minimum atomic E-state index is -0.399. The van der Waals surface area contributed by atoms with E-state index in [4.69, 9.17) is 0 Å². The number of hydrogen-bond acceptors (Lipinski definition) is 6. The highest BCUT2D eigenvalue weighted by Crippen LogP contribution is 2.11. The Hall–Kier alpha value is -4.01. The van der Waals surface area contributed by atoms with Crippen LogP contribution in [0.3, 0.4) is 0 Å². The van der Waals surface area contributed by atoms with Gasteiger partial charge in [0.2, 0.25) is 5.95 Å². The van der Waals surface area contributed by atoms with Gasteiger partial charge in [-0.15, -0.1) is 0 Å². The molecule has 0 aliphatic rings. The van der Waals surface area contributed by atoms with E-state index in [-0.39, 0.29) is 11.5 Å². The summed E-state index contributed by atoms with van der Waals surface area (Å²) in [6.45, 7) is 2.25. The van der Waals surface area contributed by atoms with E-state index < -0.39 is 5.91 Å². The Kier molecular flexibility index (Phi) is 4.55. The summed E-state index contributed by atoms with van der Waals surface area (Å²) < 4.78 is 3.06. The van der Waals surface area contributed by atoms with Gasteiger partial charge in [-0.1, -0.05) is 12.1 Å². The highest BCUT2D eigenvalue weighted by molar-refractivity contribution is 5.94. The minimum absolute atomic E-state index is 0.171. The molecule has 140 valence electrons. The van der Waals surface area contributed by atoms with Gasteiger partial charge in [0.1, 0.15) is 0 Å². The van der Waals surface area contributed by atoms with Crippen LogP contribution in [-0.2, 0) is 6.54 Å². The minimum Gasteiger partial charge on any atom is -0.277 e. The lowest BCUT2D eigenvalue weighted by atomic mass is 10.2. The molecule has 0 aliphatic heterocycles. The molecule has 0 aliphatic carbocycles. The lowest BCUT2D eigenvalue weighted by molar-refractivity contribution is 0.0961. The number of carbonyl (C=O) groups is 1. The van der Waals surface area contributed by atoms with Crippen molar-refractivity contribution in [3.05, 3.63) is 77.0 Å². The molecule has 9 nitrogen and oxygen atoms in total. The van der Waals surface area contributed by atoms with Gasteiger partial charge in [0.25, 0.3) is 11.5 Å². The van der Waals surface area contributed by atoms with Gasteiger partial charge < -0.3 is 0 Å². The first-order valence-corrected chi connectivity index (χ1v) is 8.69. The summed E-state index contributed by atoms with van der Waals surface area (Å²) in [6, 6.07) is 12.2. The molecule has 0 spiro atoms. The summed E-state index contributed by atoms with van der Waals surface area (Å²) in [5.74, 6) is 0.468. The summed E-state index contributed by atoms with van der Waals surface area (Å²) >= 11 is 0. The van der Waals surface area contributed by atoms with Crippen molar-refractivity contribution in [1.82, 2.24) is 29.7 Å².